The predicted molar refractivity (Wildman–Crippen MR) is 124 cm³/mol. The van der Waals surface area contributed by atoms with Gasteiger partial charge >= 0.3 is 0 Å². The Labute approximate surface area is 187 Å². The molecule has 2 aromatic rings. The largest absolute Gasteiger partial charge is 0.497 e. The highest BCUT2D eigenvalue weighted by Gasteiger charge is 2.43. The molecular formula is C26H37NO4. The summed E-state index contributed by atoms with van der Waals surface area (Å²) < 4.78 is 22.3. The lowest BCUT2D eigenvalue weighted by molar-refractivity contribution is -0.0979. The summed E-state index contributed by atoms with van der Waals surface area (Å²) in [7, 11) is 5.04. The second-order valence-corrected chi connectivity index (χ2v) is 8.70. The Morgan fingerprint density at radius 3 is 2.35 bits per heavy atom. The molecule has 5 nitrogen and oxygen atoms in total. The van der Waals surface area contributed by atoms with Gasteiger partial charge in [0.25, 0.3) is 0 Å². The van der Waals surface area contributed by atoms with Gasteiger partial charge in [-0.15, -0.1) is 0 Å². The molecule has 1 heterocycles. The normalized spacial score (nSPS) is 23.4. The first-order valence-corrected chi connectivity index (χ1v) is 11.2. The quantitative estimate of drug-likeness (QED) is 0.534. The minimum absolute atomic E-state index is 0.0818. The van der Waals surface area contributed by atoms with Gasteiger partial charge in [0.05, 0.1) is 26.9 Å². The molecule has 31 heavy (non-hydrogen) atoms. The standard InChI is InChI=1S/C26H37NO4/c1-6-25(2)19-26(14-16-31-25,21-8-10-22(28-3)11-9-21)13-15-27-18-20-7-12-23(29-4)24(17-20)30-5/h7-12,17,27H,6,13-16,18-19H2,1-5H3/t25-,26-/m1/s1. The second-order valence-electron chi connectivity index (χ2n) is 8.70. The van der Waals surface area contributed by atoms with E-state index in [-0.39, 0.29) is 11.0 Å². The second kappa shape index (κ2) is 10.4. The van der Waals surface area contributed by atoms with Crippen molar-refractivity contribution in [3.63, 3.8) is 0 Å². The molecule has 0 aliphatic carbocycles. The van der Waals surface area contributed by atoms with Gasteiger partial charge in [0.2, 0.25) is 0 Å². The molecule has 170 valence electrons. The van der Waals surface area contributed by atoms with Crippen LogP contribution in [0.4, 0.5) is 0 Å². The van der Waals surface area contributed by atoms with Crippen LogP contribution in [0.25, 0.3) is 0 Å². The topological polar surface area (TPSA) is 49.0 Å². The number of hydrogen-bond donors (Lipinski definition) is 1. The zero-order valence-corrected chi connectivity index (χ0v) is 19.6. The van der Waals surface area contributed by atoms with Gasteiger partial charge in [0.15, 0.2) is 11.5 Å². The maximum absolute atomic E-state index is 6.19. The van der Waals surface area contributed by atoms with Crippen LogP contribution in [0.5, 0.6) is 17.2 Å². The molecule has 5 heteroatoms. The maximum atomic E-state index is 6.19. The summed E-state index contributed by atoms with van der Waals surface area (Å²) in [5, 5.41) is 3.64. The number of hydrogen-bond acceptors (Lipinski definition) is 5. The minimum atomic E-state index is -0.0818. The fourth-order valence-corrected chi connectivity index (χ4v) is 4.67. The van der Waals surface area contributed by atoms with Gasteiger partial charge in [0, 0.05) is 18.6 Å². The van der Waals surface area contributed by atoms with E-state index >= 15 is 0 Å². The highest BCUT2D eigenvalue weighted by atomic mass is 16.5. The molecule has 0 amide bonds. The van der Waals surface area contributed by atoms with Crippen molar-refractivity contribution < 1.29 is 18.9 Å². The summed E-state index contributed by atoms with van der Waals surface area (Å²) >= 11 is 0. The molecule has 2 aromatic carbocycles. The fourth-order valence-electron chi connectivity index (χ4n) is 4.67. The fraction of sp³-hybridized carbons (Fsp3) is 0.538. The van der Waals surface area contributed by atoms with Gasteiger partial charge in [0.1, 0.15) is 5.75 Å². The molecule has 0 aromatic heterocycles. The molecule has 1 aliphatic heterocycles. The van der Waals surface area contributed by atoms with Gasteiger partial charge < -0.3 is 24.3 Å². The Hall–Kier alpha value is -2.24. The van der Waals surface area contributed by atoms with Crippen LogP contribution in [0.2, 0.25) is 0 Å². The minimum Gasteiger partial charge on any atom is -0.497 e. The van der Waals surface area contributed by atoms with E-state index in [9.17, 15) is 0 Å². The number of ether oxygens (including phenoxy) is 4. The van der Waals surface area contributed by atoms with Gasteiger partial charge in [-0.3, -0.25) is 0 Å². The summed E-state index contributed by atoms with van der Waals surface area (Å²) in [6.07, 6.45) is 4.14. The van der Waals surface area contributed by atoms with Crippen molar-refractivity contribution in [2.75, 3.05) is 34.5 Å². The molecule has 0 spiro atoms. The first kappa shape index (κ1) is 23.4. The van der Waals surface area contributed by atoms with E-state index in [0.717, 1.165) is 62.6 Å². The number of benzene rings is 2. The van der Waals surface area contributed by atoms with Gasteiger partial charge in [-0.1, -0.05) is 25.1 Å². The maximum Gasteiger partial charge on any atom is 0.161 e. The molecule has 3 rings (SSSR count). The average molecular weight is 428 g/mol. The van der Waals surface area contributed by atoms with Crippen molar-refractivity contribution >= 4 is 0 Å². The molecule has 0 saturated carbocycles. The summed E-state index contributed by atoms with van der Waals surface area (Å²) in [6, 6.07) is 14.7. The van der Waals surface area contributed by atoms with Gasteiger partial charge in [-0.25, -0.2) is 0 Å². The Bertz CT molecular complexity index is 838. The molecule has 0 radical (unpaired) electrons. The average Bonchev–Trinajstić information content (AvgIpc) is 2.81. The van der Waals surface area contributed by atoms with E-state index in [1.165, 1.54) is 11.1 Å². The summed E-state index contributed by atoms with van der Waals surface area (Å²) in [6.45, 7) is 6.99. The number of nitrogens with one attached hydrogen (secondary N) is 1. The lowest BCUT2D eigenvalue weighted by Gasteiger charge is -2.47. The van der Waals surface area contributed by atoms with E-state index in [2.05, 4.69) is 49.5 Å². The number of methoxy groups -OCH3 is 3. The first-order chi connectivity index (χ1) is 15.0. The van der Waals surface area contributed by atoms with E-state index in [0.29, 0.717) is 0 Å². The molecule has 1 N–H and O–H groups in total. The van der Waals surface area contributed by atoms with Crippen molar-refractivity contribution in [2.24, 2.45) is 0 Å². The summed E-state index contributed by atoms with van der Waals surface area (Å²) in [5.41, 5.74) is 2.58. The molecule has 0 unspecified atom stereocenters. The smallest absolute Gasteiger partial charge is 0.161 e. The third-order valence-corrected chi connectivity index (χ3v) is 6.75. The molecule has 1 saturated heterocycles. The lowest BCUT2D eigenvalue weighted by atomic mass is 9.66. The Balaban J connectivity index is 1.70. The SMILES string of the molecule is CC[C@]1(C)C[C@](CCNCc2ccc(OC)c(OC)c2)(c2ccc(OC)cc2)CCO1. The molecule has 1 fully saturated rings. The zero-order chi connectivity index (χ0) is 22.3. The summed E-state index contributed by atoms with van der Waals surface area (Å²) in [5.74, 6) is 2.42. The van der Waals surface area contributed by atoms with Crippen LogP contribution in [0.3, 0.4) is 0 Å². The van der Waals surface area contributed by atoms with Crippen LogP contribution in [0.15, 0.2) is 42.5 Å². The van der Waals surface area contributed by atoms with Crippen molar-refractivity contribution in [3.05, 3.63) is 53.6 Å². The molecule has 1 aliphatic rings. The third-order valence-electron chi connectivity index (χ3n) is 6.75. The predicted octanol–water partition coefficient (Wildman–Crippen LogP) is 5.11. The van der Waals surface area contributed by atoms with Crippen molar-refractivity contribution in [1.29, 1.82) is 0 Å². The highest BCUT2D eigenvalue weighted by Crippen LogP contribution is 2.45. The monoisotopic (exact) mass is 427 g/mol. The zero-order valence-electron chi connectivity index (χ0n) is 19.6. The van der Waals surface area contributed by atoms with E-state index in [1.807, 2.05) is 12.1 Å². The van der Waals surface area contributed by atoms with Gasteiger partial charge in [-0.05, 0) is 74.5 Å². The number of rotatable bonds is 10. The van der Waals surface area contributed by atoms with Crippen LogP contribution < -0.4 is 19.5 Å². The van der Waals surface area contributed by atoms with Crippen molar-refractivity contribution in [1.82, 2.24) is 5.32 Å². The Morgan fingerprint density at radius 1 is 0.968 bits per heavy atom. The lowest BCUT2D eigenvalue weighted by Crippen LogP contribution is -2.46. The van der Waals surface area contributed by atoms with Crippen LogP contribution in [0, 0.1) is 0 Å². The van der Waals surface area contributed by atoms with E-state index in [1.54, 1.807) is 21.3 Å². The third kappa shape index (κ3) is 5.52. The van der Waals surface area contributed by atoms with Crippen LogP contribution in [0.1, 0.15) is 50.7 Å². The molecular weight excluding hydrogens is 390 g/mol. The molecule has 0 bridgehead atoms. The van der Waals surface area contributed by atoms with E-state index < -0.39 is 0 Å². The van der Waals surface area contributed by atoms with Crippen molar-refractivity contribution in [2.45, 2.75) is 57.1 Å². The van der Waals surface area contributed by atoms with Gasteiger partial charge in [-0.2, -0.15) is 0 Å². The first-order valence-electron chi connectivity index (χ1n) is 11.2. The Kier molecular flexibility index (Phi) is 7.84. The van der Waals surface area contributed by atoms with Crippen LogP contribution >= 0.6 is 0 Å². The molecule has 2 atom stereocenters. The van der Waals surface area contributed by atoms with Crippen LogP contribution in [-0.2, 0) is 16.7 Å². The van der Waals surface area contributed by atoms with Crippen LogP contribution in [-0.4, -0.2) is 40.1 Å². The summed E-state index contributed by atoms with van der Waals surface area (Å²) in [4.78, 5) is 0. The highest BCUT2D eigenvalue weighted by molar-refractivity contribution is 5.42. The van der Waals surface area contributed by atoms with Crippen molar-refractivity contribution in [3.8, 4) is 17.2 Å². The Morgan fingerprint density at radius 2 is 1.71 bits per heavy atom. The van der Waals surface area contributed by atoms with E-state index in [4.69, 9.17) is 18.9 Å².